The second-order valence-corrected chi connectivity index (χ2v) is 6.14. The molecule has 0 radical (unpaired) electrons. The van der Waals surface area contributed by atoms with Crippen LogP contribution in [0.4, 0.5) is 5.69 Å². The Morgan fingerprint density at radius 1 is 1.18 bits per heavy atom. The first kappa shape index (κ1) is 20.6. The van der Waals surface area contributed by atoms with Crippen LogP contribution in [0.2, 0.25) is 0 Å². The van der Waals surface area contributed by atoms with Gasteiger partial charge in [0.15, 0.2) is 11.5 Å². The van der Waals surface area contributed by atoms with Crippen molar-refractivity contribution in [3.8, 4) is 23.3 Å². The zero-order chi connectivity index (χ0) is 20.7. The summed E-state index contributed by atoms with van der Waals surface area (Å²) in [6.45, 7) is 3.65. The normalized spacial score (nSPS) is 11.9. The topological polar surface area (TPSA) is 104 Å². The van der Waals surface area contributed by atoms with Crippen LogP contribution in [0.3, 0.4) is 0 Å². The molecule has 0 aromatic heterocycles. The molecule has 7 heteroatoms. The number of benzene rings is 2. The molecule has 2 aromatic carbocycles. The molecular formula is C21H23N3O4. The van der Waals surface area contributed by atoms with E-state index in [1.165, 1.54) is 13.3 Å². The van der Waals surface area contributed by atoms with Crippen molar-refractivity contribution in [2.24, 2.45) is 0 Å². The second-order valence-electron chi connectivity index (χ2n) is 6.14. The van der Waals surface area contributed by atoms with E-state index in [0.29, 0.717) is 17.2 Å². The minimum absolute atomic E-state index is 0.0349. The first-order valence-electron chi connectivity index (χ1n) is 8.58. The summed E-state index contributed by atoms with van der Waals surface area (Å²) >= 11 is 0. The summed E-state index contributed by atoms with van der Waals surface area (Å²) in [5.41, 5.74) is 1.98. The van der Waals surface area contributed by atoms with Crippen LogP contribution in [0, 0.1) is 18.3 Å². The molecule has 0 fully saturated rings. The number of nitrogens with zero attached hydrogens (tertiary/aromatic N) is 1. The fraction of sp³-hybridized carbons (Fsp3) is 0.238. The van der Waals surface area contributed by atoms with Crippen LogP contribution in [0.15, 0.2) is 48.2 Å². The fourth-order valence-electron chi connectivity index (χ4n) is 2.54. The Bertz CT molecular complexity index is 932. The summed E-state index contributed by atoms with van der Waals surface area (Å²) in [5.74, 6) is 0.634. The minimum Gasteiger partial charge on any atom is -0.506 e. The SMILES string of the molecule is COc1ccc(C(C)NC(=O)/C(C#N)=C\Nc2ccc(C)cc2O)cc1OC. The molecule has 1 amide bonds. The molecule has 146 valence electrons. The molecular weight excluding hydrogens is 358 g/mol. The molecule has 2 rings (SSSR count). The number of anilines is 1. The number of nitrogens with one attached hydrogen (secondary N) is 2. The molecule has 1 unspecified atom stereocenters. The van der Waals surface area contributed by atoms with E-state index in [-0.39, 0.29) is 17.4 Å². The summed E-state index contributed by atoms with van der Waals surface area (Å²) < 4.78 is 10.5. The number of phenolic OH excluding ortho intramolecular Hbond substituents is 1. The van der Waals surface area contributed by atoms with Crippen molar-refractivity contribution >= 4 is 11.6 Å². The van der Waals surface area contributed by atoms with Crippen LogP contribution in [-0.4, -0.2) is 25.2 Å². The lowest BCUT2D eigenvalue weighted by atomic mass is 10.1. The number of hydrogen-bond donors (Lipinski definition) is 3. The number of carbonyl (C=O) groups is 1. The van der Waals surface area contributed by atoms with Crippen LogP contribution in [-0.2, 0) is 4.79 Å². The van der Waals surface area contributed by atoms with E-state index in [1.807, 2.05) is 19.1 Å². The maximum atomic E-state index is 12.4. The van der Waals surface area contributed by atoms with Crippen LogP contribution in [0.5, 0.6) is 17.2 Å². The Morgan fingerprint density at radius 3 is 2.50 bits per heavy atom. The number of aryl methyl sites for hydroxylation is 1. The largest absolute Gasteiger partial charge is 0.506 e. The molecule has 0 spiro atoms. The Morgan fingerprint density at radius 2 is 1.89 bits per heavy atom. The Hall–Kier alpha value is -3.66. The zero-order valence-electron chi connectivity index (χ0n) is 16.2. The maximum Gasteiger partial charge on any atom is 0.263 e. The standard InChI is InChI=1S/C21H23N3O4/c1-13-5-7-17(18(25)9-13)23-12-16(11-22)21(26)24-14(2)15-6-8-19(27-3)20(10-15)28-4/h5-10,12,14,23,25H,1-4H3,(H,24,26)/b16-12-. The average molecular weight is 381 g/mol. The van der Waals surface area contributed by atoms with Gasteiger partial charge in [0.2, 0.25) is 0 Å². The lowest BCUT2D eigenvalue weighted by molar-refractivity contribution is -0.117. The molecule has 0 aliphatic carbocycles. The second kappa shape index (κ2) is 9.33. The molecule has 3 N–H and O–H groups in total. The Labute approximate surface area is 164 Å². The smallest absolute Gasteiger partial charge is 0.263 e. The summed E-state index contributed by atoms with van der Waals surface area (Å²) in [4.78, 5) is 12.4. The first-order chi connectivity index (χ1) is 13.4. The van der Waals surface area contributed by atoms with Crippen LogP contribution >= 0.6 is 0 Å². The summed E-state index contributed by atoms with van der Waals surface area (Å²) in [5, 5.41) is 24.8. The van der Waals surface area contributed by atoms with Crippen LogP contribution in [0.25, 0.3) is 0 Å². The molecule has 0 saturated carbocycles. The van der Waals surface area contributed by atoms with Gasteiger partial charge in [-0.3, -0.25) is 4.79 Å². The van der Waals surface area contributed by atoms with Gasteiger partial charge in [-0.1, -0.05) is 12.1 Å². The van der Waals surface area contributed by atoms with Gasteiger partial charge in [-0.2, -0.15) is 5.26 Å². The molecule has 2 aromatic rings. The van der Waals surface area contributed by atoms with E-state index in [1.54, 1.807) is 44.4 Å². The average Bonchev–Trinajstić information content (AvgIpc) is 2.69. The van der Waals surface area contributed by atoms with Crippen molar-refractivity contribution in [1.29, 1.82) is 5.26 Å². The van der Waals surface area contributed by atoms with E-state index < -0.39 is 5.91 Å². The lowest BCUT2D eigenvalue weighted by Gasteiger charge is -2.16. The predicted molar refractivity (Wildman–Crippen MR) is 106 cm³/mol. The van der Waals surface area contributed by atoms with Gasteiger partial charge in [-0.25, -0.2) is 0 Å². The highest BCUT2D eigenvalue weighted by Crippen LogP contribution is 2.30. The van der Waals surface area contributed by atoms with Gasteiger partial charge >= 0.3 is 0 Å². The summed E-state index contributed by atoms with van der Waals surface area (Å²) in [6.07, 6.45) is 1.26. The minimum atomic E-state index is -0.538. The Balaban J connectivity index is 2.11. The molecule has 1 atom stereocenters. The van der Waals surface area contributed by atoms with Gasteiger partial charge in [-0.05, 0) is 49.2 Å². The Kier molecular flexibility index (Phi) is 6.88. The molecule has 0 bridgehead atoms. The lowest BCUT2D eigenvalue weighted by Crippen LogP contribution is -2.28. The van der Waals surface area contributed by atoms with Crippen molar-refractivity contribution in [2.75, 3.05) is 19.5 Å². The third-order valence-corrected chi connectivity index (χ3v) is 4.15. The third kappa shape index (κ3) is 4.95. The van der Waals surface area contributed by atoms with Crippen molar-refractivity contribution < 1.29 is 19.4 Å². The van der Waals surface area contributed by atoms with E-state index in [4.69, 9.17) is 9.47 Å². The number of phenols is 1. The van der Waals surface area contributed by atoms with Gasteiger partial charge in [-0.15, -0.1) is 0 Å². The number of aromatic hydroxyl groups is 1. The highest BCUT2D eigenvalue weighted by atomic mass is 16.5. The number of methoxy groups -OCH3 is 2. The number of nitriles is 1. The van der Waals surface area contributed by atoms with Crippen LogP contribution < -0.4 is 20.1 Å². The summed E-state index contributed by atoms with van der Waals surface area (Å²) in [6, 6.07) is 11.9. The first-order valence-corrected chi connectivity index (χ1v) is 8.58. The predicted octanol–water partition coefficient (Wildman–Crippen LogP) is 3.41. The molecule has 0 heterocycles. The number of ether oxygens (including phenoxy) is 2. The molecule has 0 saturated heterocycles. The zero-order valence-corrected chi connectivity index (χ0v) is 16.2. The van der Waals surface area contributed by atoms with E-state index in [2.05, 4.69) is 10.6 Å². The molecule has 28 heavy (non-hydrogen) atoms. The van der Waals surface area contributed by atoms with E-state index in [0.717, 1.165) is 11.1 Å². The maximum absolute atomic E-state index is 12.4. The number of hydrogen-bond acceptors (Lipinski definition) is 6. The molecule has 0 aliphatic heterocycles. The van der Waals surface area contributed by atoms with Crippen LogP contribution in [0.1, 0.15) is 24.1 Å². The van der Waals surface area contributed by atoms with Crippen molar-refractivity contribution in [3.05, 3.63) is 59.3 Å². The van der Waals surface area contributed by atoms with Gasteiger partial charge in [0, 0.05) is 6.20 Å². The summed E-state index contributed by atoms with van der Waals surface area (Å²) in [7, 11) is 3.08. The monoisotopic (exact) mass is 381 g/mol. The molecule has 7 nitrogen and oxygen atoms in total. The van der Waals surface area contributed by atoms with E-state index >= 15 is 0 Å². The fourth-order valence-corrected chi connectivity index (χ4v) is 2.54. The highest BCUT2D eigenvalue weighted by Gasteiger charge is 2.16. The third-order valence-electron chi connectivity index (χ3n) is 4.15. The van der Waals surface area contributed by atoms with Crippen molar-refractivity contribution in [2.45, 2.75) is 19.9 Å². The number of amides is 1. The van der Waals surface area contributed by atoms with Gasteiger partial charge in [0.05, 0.1) is 25.9 Å². The quantitative estimate of drug-likeness (QED) is 0.386. The van der Waals surface area contributed by atoms with Gasteiger partial charge < -0.3 is 25.2 Å². The van der Waals surface area contributed by atoms with Crippen molar-refractivity contribution in [1.82, 2.24) is 5.32 Å². The molecule has 0 aliphatic rings. The van der Waals surface area contributed by atoms with Gasteiger partial charge in [0.1, 0.15) is 17.4 Å². The number of rotatable bonds is 7. The highest BCUT2D eigenvalue weighted by molar-refractivity contribution is 5.97. The number of carbonyl (C=O) groups excluding carboxylic acids is 1. The van der Waals surface area contributed by atoms with Crippen molar-refractivity contribution in [3.63, 3.8) is 0 Å². The van der Waals surface area contributed by atoms with Gasteiger partial charge in [0.25, 0.3) is 5.91 Å². The van der Waals surface area contributed by atoms with E-state index in [9.17, 15) is 15.2 Å².